The molecule has 0 aromatic heterocycles. The van der Waals surface area contributed by atoms with E-state index in [1.165, 1.54) is 5.56 Å². The van der Waals surface area contributed by atoms with Gasteiger partial charge >= 0.3 is 5.97 Å². The molecule has 1 fully saturated rings. The number of carboxylic acid groups (broad SMARTS) is 1. The van der Waals surface area contributed by atoms with Gasteiger partial charge in [0.05, 0.1) is 5.92 Å². The second kappa shape index (κ2) is 5.87. The maximum absolute atomic E-state index is 10.8. The van der Waals surface area contributed by atoms with Gasteiger partial charge in [0.25, 0.3) is 0 Å². The lowest BCUT2D eigenvalue weighted by atomic mass is 10.1. The molecule has 4 heteroatoms. The van der Waals surface area contributed by atoms with Crippen molar-refractivity contribution in [1.29, 1.82) is 0 Å². The van der Waals surface area contributed by atoms with Gasteiger partial charge in [0.2, 0.25) is 0 Å². The van der Waals surface area contributed by atoms with Gasteiger partial charge in [-0.2, -0.15) is 0 Å². The Kier molecular flexibility index (Phi) is 4.77. The Morgan fingerprint density at radius 1 is 1.38 bits per heavy atom. The molecule has 1 aromatic rings. The van der Waals surface area contributed by atoms with Crippen molar-refractivity contribution < 1.29 is 9.90 Å². The van der Waals surface area contributed by atoms with Crippen LogP contribution in [0.1, 0.15) is 12.0 Å². The van der Waals surface area contributed by atoms with Gasteiger partial charge in [-0.05, 0) is 18.5 Å². The van der Waals surface area contributed by atoms with Gasteiger partial charge in [-0.1, -0.05) is 30.3 Å². The summed E-state index contributed by atoms with van der Waals surface area (Å²) in [6.07, 6.45) is 0.780. The molecule has 1 N–H and O–H groups in total. The van der Waals surface area contributed by atoms with Crippen LogP contribution in [0.3, 0.4) is 0 Å². The summed E-state index contributed by atoms with van der Waals surface area (Å²) >= 11 is 0. The number of carboxylic acids is 1. The second-order valence-electron chi connectivity index (χ2n) is 4.04. The fourth-order valence-electron chi connectivity index (χ4n) is 2.02. The summed E-state index contributed by atoms with van der Waals surface area (Å²) in [6, 6.07) is 10.2. The Labute approximate surface area is 101 Å². The molecule has 1 aliphatic rings. The van der Waals surface area contributed by atoms with Crippen molar-refractivity contribution in [2.75, 3.05) is 13.1 Å². The van der Waals surface area contributed by atoms with Crippen LogP contribution in [-0.4, -0.2) is 29.1 Å². The average Bonchev–Trinajstić information content (AvgIpc) is 2.68. The monoisotopic (exact) mass is 241 g/mol. The van der Waals surface area contributed by atoms with Gasteiger partial charge in [-0.15, -0.1) is 12.4 Å². The molecule has 0 bridgehead atoms. The Hall–Kier alpha value is -1.06. The highest BCUT2D eigenvalue weighted by atomic mass is 35.5. The molecule has 2 rings (SSSR count). The zero-order valence-corrected chi connectivity index (χ0v) is 9.82. The molecule has 0 saturated carbocycles. The molecule has 0 aliphatic carbocycles. The highest BCUT2D eigenvalue weighted by molar-refractivity contribution is 5.85. The summed E-state index contributed by atoms with van der Waals surface area (Å²) in [5, 5.41) is 8.87. The average molecular weight is 242 g/mol. The number of hydrogen-bond acceptors (Lipinski definition) is 2. The number of hydrogen-bond donors (Lipinski definition) is 1. The fraction of sp³-hybridized carbons (Fsp3) is 0.417. The highest BCUT2D eigenvalue weighted by Gasteiger charge is 2.27. The number of aliphatic carboxylic acids is 1. The van der Waals surface area contributed by atoms with Gasteiger partial charge in [0, 0.05) is 13.1 Å². The summed E-state index contributed by atoms with van der Waals surface area (Å²) in [7, 11) is 0. The van der Waals surface area contributed by atoms with Crippen molar-refractivity contribution >= 4 is 18.4 Å². The molecular weight excluding hydrogens is 226 g/mol. The number of carbonyl (C=O) groups is 1. The normalized spacial score (nSPS) is 20.4. The van der Waals surface area contributed by atoms with Crippen molar-refractivity contribution in [2.45, 2.75) is 13.0 Å². The van der Waals surface area contributed by atoms with Crippen molar-refractivity contribution in [3.05, 3.63) is 35.9 Å². The molecule has 1 saturated heterocycles. The Morgan fingerprint density at radius 3 is 2.62 bits per heavy atom. The predicted octanol–water partition coefficient (Wildman–Crippen LogP) is 2.01. The Morgan fingerprint density at radius 2 is 2.06 bits per heavy atom. The minimum atomic E-state index is -0.662. The topological polar surface area (TPSA) is 40.5 Å². The highest BCUT2D eigenvalue weighted by Crippen LogP contribution is 2.18. The zero-order valence-electron chi connectivity index (χ0n) is 9.00. The first-order valence-corrected chi connectivity index (χ1v) is 5.25. The van der Waals surface area contributed by atoms with E-state index in [9.17, 15) is 4.79 Å². The molecule has 1 aliphatic heterocycles. The van der Waals surface area contributed by atoms with Gasteiger partial charge < -0.3 is 5.11 Å². The van der Waals surface area contributed by atoms with E-state index < -0.39 is 5.97 Å². The molecule has 16 heavy (non-hydrogen) atoms. The fourth-order valence-corrected chi connectivity index (χ4v) is 2.02. The van der Waals surface area contributed by atoms with Crippen molar-refractivity contribution in [1.82, 2.24) is 4.90 Å². The number of rotatable bonds is 3. The smallest absolute Gasteiger partial charge is 0.307 e. The van der Waals surface area contributed by atoms with E-state index in [0.717, 1.165) is 19.5 Å². The number of likely N-dealkylation sites (tertiary alicyclic amines) is 1. The van der Waals surface area contributed by atoms with Crippen LogP contribution in [-0.2, 0) is 11.3 Å². The third-order valence-electron chi connectivity index (χ3n) is 2.87. The van der Waals surface area contributed by atoms with E-state index >= 15 is 0 Å². The summed E-state index contributed by atoms with van der Waals surface area (Å²) in [5.41, 5.74) is 1.25. The van der Waals surface area contributed by atoms with Crippen molar-refractivity contribution in [3.8, 4) is 0 Å². The van der Waals surface area contributed by atoms with E-state index in [2.05, 4.69) is 17.0 Å². The first-order chi connectivity index (χ1) is 7.25. The van der Waals surface area contributed by atoms with Gasteiger partial charge in [-0.3, -0.25) is 9.69 Å². The van der Waals surface area contributed by atoms with Gasteiger partial charge in [0.15, 0.2) is 0 Å². The minimum Gasteiger partial charge on any atom is -0.481 e. The number of benzene rings is 1. The number of halogens is 1. The standard InChI is InChI=1S/C12H15NO2.ClH/c14-12(15)11-6-7-13(9-11)8-10-4-2-1-3-5-10;/h1-5,11H,6-9H2,(H,14,15);1H/t11-;/m1./s1. The summed E-state index contributed by atoms with van der Waals surface area (Å²) in [5.74, 6) is -0.834. The predicted molar refractivity (Wildman–Crippen MR) is 64.7 cm³/mol. The minimum absolute atomic E-state index is 0. The van der Waals surface area contributed by atoms with Crippen LogP contribution in [0.15, 0.2) is 30.3 Å². The Bertz CT molecular complexity index is 342. The Balaban J connectivity index is 0.00000128. The van der Waals surface area contributed by atoms with Gasteiger partial charge in [0.1, 0.15) is 0 Å². The van der Waals surface area contributed by atoms with Gasteiger partial charge in [-0.25, -0.2) is 0 Å². The van der Waals surface area contributed by atoms with Crippen LogP contribution in [0.4, 0.5) is 0 Å². The van der Waals surface area contributed by atoms with Crippen LogP contribution < -0.4 is 0 Å². The maximum Gasteiger partial charge on any atom is 0.307 e. The van der Waals surface area contributed by atoms with Crippen LogP contribution in [0, 0.1) is 5.92 Å². The van der Waals surface area contributed by atoms with E-state index in [1.807, 2.05) is 18.2 Å². The third kappa shape index (κ3) is 3.22. The lowest BCUT2D eigenvalue weighted by molar-refractivity contribution is -0.141. The molecule has 0 amide bonds. The molecule has 88 valence electrons. The lowest BCUT2D eigenvalue weighted by Crippen LogP contribution is -2.22. The summed E-state index contributed by atoms with van der Waals surface area (Å²) in [4.78, 5) is 13.0. The van der Waals surface area contributed by atoms with Crippen LogP contribution in [0.5, 0.6) is 0 Å². The number of nitrogens with zero attached hydrogens (tertiary/aromatic N) is 1. The molecule has 1 heterocycles. The molecule has 0 radical (unpaired) electrons. The zero-order chi connectivity index (χ0) is 10.7. The molecular formula is C12H16ClNO2. The first kappa shape index (κ1) is 13.0. The maximum atomic E-state index is 10.8. The second-order valence-corrected chi connectivity index (χ2v) is 4.04. The van der Waals surface area contributed by atoms with Crippen LogP contribution >= 0.6 is 12.4 Å². The molecule has 1 atom stereocenters. The third-order valence-corrected chi connectivity index (χ3v) is 2.87. The summed E-state index contributed by atoms with van der Waals surface area (Å²) in [6.45, 7) is 2.45. The van der Waals surface area contributed by atoms with Crippen LogP contribution in [0.25, 0.3) is 0 Å². The molecule has 0 spiro atoms. The lowest BCUT2D eigenvalue weighted by Gasteiger charge is -2.14. The van der Waals surface area contributed by atoms with Crippen molar-refractivity contribution in [3.63, 3.8) is 0 Å². The molecule has 1 aromatic carbocycles. The quantitative estimate of drug-likeness (QED) is 0.880. The molecule has 0 unspecified atom stereocenters. The van der Waals surface area contributed by atoms with E-state index in [1.54, 1.807) is 0 Å². The first-order valence-electron chi connectivity index (χ1n) is 5.25. The summed E-state index contributed by atoms with van der Waals surface area (Å²) < 4.78 is 0. The largest absolute Gasteiger partial charge is 0.481 e. The van der Waals surface area contributed by atoms with E-state index in [-0.39, 0.29) is 18.3 Å². The van der Waals surface area contributed by atoms with E-state index in [0.29, 0.717) is 6.54 Å². The SMILES string of the molecule is Cl.O=C(O)[C@@H]1CCN(Cc2ccccc2)C1. The van der Waals surface area contributed by atoms with Crippen LogP contribution in [0.2, 0.25) is 0 Å². The van der Waals surface area contributed by atoms with Crippen molar-refractivity contribution in [2.24, 2.45) is 5.92 Å². The van der Waals surface area contributed by atoms with E-state index in [4.69, 9.17) is 5.11 Å². The molecule has 3 nitrogen and oxygen atoms in total.